The van der Waals surface area contributed by atoms with E-state index in [4.69, 9.17) is 4.74 Å². The highest BCUT2D eigenvalue weighted by atomic mass is 16.5. The van der Waals surface area contributed by atoms with Crippen molar-refractivity contribution in [2.45, 2.75) is 50.9 Å². The van der Waals surface area contributed by atoms with Crippen molar-refractivity contribution in [3.05, 3.63) is 29.8 Å². The normalized spacial score (nSPS) is 26.2. The van der Waals surface area contributed by atoms with Gasteiger partial charge in [-0.05, 0) is 32.8 Å². The first-order valence-corrected chi connectivity index (χ1v) is 7.30. The average molecular weight is 261 g/mol. The molecule has 0 aromatic heterocycles. The zero-order valence-corrected chi connectivity index (χ0v) is 11.8. The molecule has 0 saturated carbocycles. The summed E-state index contributed by atoms with van der Waals surface area (Å²) in [4.78, 5) is 2.49. The van der Waals surface area contributed by atoms with E-state index < -0.39 is 0 Å². The Kier molecular flexibility index (Phi) is 3.27. The number of rotatable bonds is 1. The van der Waals surface area contributed by atoms with E-state index in [1.165, 1.54) is 0 Å². The van der Waals surface area contributed by atoms with Crippen molar-refractivity contribution in [2.75, 3.05) is 13.1 Å². The van der Waals surface area contributed by atoms with Crippen LogP contribution in [0, 0.1) is 0 Å². The first-order valence-electron chi connectivity index (χ1n) is 7.30. The van der Waals surface area contributed by atoms with Gasteiger partial charge in [-0.25, -0.2) is 0 Å². The van der Waals surface area contributed by atoms with Crippen LogP contribution in [0.4, 0.5) is 0 Å². The van der Waals surface area contributed by atoms with Crippen molar-refractivity contribution in [1.82, 2.24) is 4.90 Å². The quantitative estimate of drug-likeness (QED) is 0.843. The molecule has 2 aliphatic rings. The van der Waals surface area contributed by atoms with Crippen LogP contribution < -0.4 is 4.74 Å². The van der Waals surface area contributed by atoms with Crippen molar-refractivity contribution < 1.29 is 9.84 Å². The van der Waals surface area contributed by atoms with Crippen LogP contribution in [-0.4, -0.2) is 34.7 Å². The molecule has 0 unspecified atom stereocenters. The molecule has 1 aromatic carbocycles. The number of likely N-dealkylation sites (tertiary alicyclic amines) is 1. The summed E-state index contributed by atoms with van der Waals surface area (Å²) in [6.07, 6.45) is 2.37. The molecule has 2 aliphatic heterocycles. The number of benzene rings is 1. The number of aliphatic hydroxyl groups is 1. The largest absolute Gasteiger partial charge is 0.487 e. The summed E-state index contributed by atoms with van der Waals surface area (Å²) in [6.45, 7) is 6.60. The summed E-state index contributed by atoms with van der Waals surface area (Å²) in [5.74, 6) is 0.874. The van der Waals surface area contributed by atoms with Crippen LogP contribution in [-0.2, 0) is 0 Å². The lowest BCUT2D eigenvalue weighted by Crippen LogP contribution is -2.51. The second kappa shape index (κ2) is 4.80. The highest BCUT2D eigenvalue weighted by Crippen LogP contribution is 2.44. The predicted molar refractivity (Wildman–Crippen MR) is 75.3 cm³/mol. The van der Waals surface area contributed by atoms with Gasteiger partial charge in [-0.3, -0.25) is 0 Å². The van der Waals surface area contributed by atoms with E-state index in [-0.39, 0.29) is 11.7 Å². The number of ether oxygens (including phenoxy) is 1. The third kappa shape index (κ3) is 2.37. The van der Waals surface area contributed by atoms with Gasteiger partial charge in [0.1, 0.15) is 11.4 Å². The molecule has 2 heterocycles. The predicted octanol–water partition coefficient (Wildman–Crippen LogP) is 2.75. The van der Waals surface area contributed by atoms with E-state index in [1.54, 1.807) is 0 Å². The van der Waals surface area contributed by atoms with Crippen molar-refractivity contribution in [3.8, 4) is 5.75 Å². The minimum absolute atomic E-state index is 0.154. The summed E-state index contributed by atoms with van der Waals surface area (Å²) >= 11 is 0. The lowest BCUT2D eigenvalue weighted by molar-refractivity contribution is -0.0580. The number of fused-ring (bicyclic) bond motifs is 1. The van der Waals surface area contributed by atoms with E-state index in [0.29, 0.717) is 6.04 Å². The standard InChI is InChI=1S/C16H23NO2/c1-12(2)17-9-7-16(8-10-17)11-14(18)13-5-3-4-6-15(13)19-16/h3-6,12,14,18H,7-11H2,1-2H3/t14-/m1/s1. The summed E-state index contributed by atoms with van der Waals surface area (Å²) in [6, 6.07) is 8.49. The van der Waals surface area contributed by atoms with Crippen LogP contribution in [0.15, 0.2) is 24.3 Å². The van der Waals surface area contributed by atoms with Crippen molar-refractivity contribution in [1.29, 1.82) is 0 Å². The minimum atomic E-state index is -0.379. The third-order valence-electron chi connectivity index (χ3n) is 4.61. The zero-order chi connectivity index (χ0) is 13.5. The number of aliphatic hydroxyl groups excluding tert-OH is 1. The summed E-state index contributed by atoms with van der Waals surface area (Å²) < 4.78 is 6.27. The van der Waals surface area contributed by atoms with Crippen LogP contribution in [0.3, 0.4) is 0 Å². The molecule has 0 aliphatic carbocycles. The molecule has 104 valence electrons. The molecule has 1 fully saturated rings. The number of para-hydroxylation sites is 1. The zero-order valence-electron chi connectivity index (χ0n) is 11.8. The Bertz CT molecular complexity index is 450. The molecule has 3 rings (SSSR count). The molecule has 0 radical (unpaired) electrons. The number of piperidine rings is 1. The van der Waals surface area contributed by atoms with E-state index in [2.05, 4.69) is 18.7 Å². The van der Waals surface area contributed by atoms with Crippen LogP contribution in [0.5, 0.6) is 5.75 Å². The maximum absolute atomic E-state index is 10.4. The lowest BCUT2D eigenvalue weighted by atomic mass is 9.81. The second-order valence-electron chi connectivity index (χ2n) is 6.17. The van der Waals surface area contributed by atoms with Crippen molar-refractivity contribution in [3.63, 3.8) is 0 Å². The van der Waals surface area contributed by atoms with Crippen LogP contribution in [0.25, 0.3) is 0 Å². The van der Waals surface area contributed by atoms with Crippen LogP contribution in [0.2, 0.25) is 0 Å². The highest BCUT2D eigenvalue weighted by Gasteiger charge is 2.42. The van der Waals surface area contributed by atoms with Gasteiger partial charge >= 0.3 is 0 Å². The van der Waals surface area contributed by atoms with E-state index in [9.17, 15) is 5.11 Å². The molecular formula is C16H23NO2. The molecule has 3 nitrogen and oxygen atoms in total. The number of hydrogen-bond donors (Lipinski definition) is 1. The van der Waals surface area contributed by atoms with Crippen molar-refractivity contribution in [2.24, 2.45) is 0 Å². The topological polar surface area (TPSA) is 32.7 Å². The van der Waals surface area contributed by atoms with Gasteiger partial charge in [0.15, 0.2) is 0 Å². The maximum atomic E-state index is 10.4. The Balaban J connectivity index is 1.78. The van der Waals surface area contributed by atoms with Gasteiger partial charge in [0, 0.05) is 31.1 Å². The Hall–Kier alpha value is -1.06. The smallest absolute Gasteiger partial charge is 0.125 e. The molecule has 1 atom stereocenters. The fraction of sp³-hybridized carbons (Fsp3) is 0.625. The van der Waals surface area contributed by atoms with Gasteiger partial charge in [0.05, 0.1) is 6.10 Å². The number of hydrogen-bond acceptors (Lipinski definition) is 3. The first kappa shape index (κ1) is 12.9. The molecule has 3 heteroatoms. The molecular weight excluding hydrogens is 238 g/mol. The SMILES string of the molecule is CC(C)N1CCC2(CC1)C[C@@H](O)c1ccccc1O2. The van der Waals surface area contributed by atoms with E-state index >= 15 is 0 Å². The van der Waals surface area contributed by atoms with Gasteiger partial charge in [0.2, 0.25) is 0 Å². The van der Waals surface area contributed by atoms with E-state index in [0.717, 1.165) is 43.7 Å². The molecule has 19 heavy (non-hydrogen) atoms. The van der Waals surface area contributed by atoms with Gasteiger partial charge in [0.25, 0.3) is 0 Å². The van der Waals surface area contributed by atoms with Gasteiger partial charge in [-0.2, -0.15) is 0 Å². The first-order chi connectivity index (χ1) is 9.10. The molecule has 1 N–H and O–H groups in total. The van der Waals surface area contributed by atoms with Crippen LogP contribution in [0.1, 0.15) is 44.8 Å². The Morgan fingerprint density at radius 3 is 2.63 bits per heavy atom. The summed E-state index contributed by atoms with van der Waals surface area (Å²) in [5.41, 5.74) is 0.790. The lowest BCUT2D eigenvalue weighted by Gasteiger charge is -2.46. The molecule has 0 amide bonds. The van der Waals surface area contributed by atoms with Gasteiger partial charge in [-0.15, -0.1) is 0 Å². The molecule has 1 spiro atoms. The molecule has 1 saturated heterocycles. The summed E-state index contributed by atoms with van der Waals surface area (Å²) in [5, 5.41) is 10.4. The molecule has 1 aromatic rings. The highest BCUT2D eigenvalue weighted by molar-refractivity contribution is 5.38. The van der Waals surface area contributed by atoms with Gasteiger partial charge < -0.3 is 14.7 Å². The Morgan fingerprint density at radius 2 is 1.95 bits per heavy atom. The maximum Gasteiger partial charge on any atom is 0.125 e. The van der Waals surface area contributed by atoms with Crippen molar-refractivity contribution >= 4 is 0 Å². The monoisotopic (exact) mass is 261 g/mol. The Morgan fingerprint density at radius 1 is 1.26 bits per heavy atom. The fourth-order valence-corrected chi connectivity index (χ4v) is 3.34. The van der Waals surface area contributed by atoms with E-state index in [1.807, 2.05) is 24.3 Å². The van der Waals surface area contributed by atoms with Gasteiger partial charge in [-0.1, -0.05) is 18.2 Å². The third-order valence-corrected chi connectivity index (χ3v) is 4.61. The summed E-state index contributed by atoms with van der Waals surface area (Å²) in [7, 11) is 0. The molecule has 0 bridgehead atoms. The second-order valence-corrected chi connectivity index (χ2v) is 6.17. The Labute approximate surface area is 115 Å². The number of nitrogens with zero attached hydrogens (tertiary/aromatic N) is 1. The minimum Gasteiger partial charge on any atom is -0.487 e. The average Bonchev–Trinajstić information content (AvgIpc) is 2.39. The fourth-order valence-electron chi connectivity index (χ4n) is 3.34. The van der Waals surface area contributed by atoms with Crippen LogP contribution >= 0.6 is 0 Å².